The number of non-ortho nitro benzene ring substituents is 1. The lowest BCUT2D eigenvalue weighted by molar-refractivity contribution is -0.384. The molecule has 2 aromatic heterocycles. The summed E-state index contributed by atoms with van der Waals surface area (Å²) in [5.74, 6) is 0.0374. The average Bonchev–Trinajstić information content (AvgIpc) is 3.18. The third-order valence-corrected chi connectivity index (χ3v) is 6.16. The van der Waals surface area contributed by atoms with E-state index < -0.39 is 4.92 Å². The average molecular weight is 575 g/mol. The molecule has 0 unspecified atom stereocenters. The molecule has 0 bridgehead atoms. The fourth-order valence-corrected chi connectivity index (χ4v) is 4.92. The van der Waals surface area contributed by atoms with Crippen LogP contribution in [0.4, 0.5) is 11.4 Å². The van der Waals surface area contributed by atoms with Gasteiger partial charge in [0.05, 0.1) is 33.2 Å². The minimum atomic E-state index is -0.443. The van der Waals surface area contributed by atoms with E-state index in [1.807, 2.05) is 11.4 Å². The highest BCUT2D eigenvalue weighted by Crippen LogP contribution is 2.31. The van der Waals surface area contributed by atoms with Crippen LogP contribution in [0.1, 0.15) is 5.56 Å². The first-order valence-corrected chi connectivity index (χ1v) is 11.5. The van der Waals surface area contributed by atoms with Gasteiger partial charge in [-0.05, 0) is 40.2 Å². The van der Waals surface area contributed by atoms with Crippen molar-refractivity contribution in [1.82, 2.24) is 9.66 Å². The van der Waals surface area contributed by atoms with E-state index in [0.717, 1.165) is 4.47 Å². The number of phenols is 1. The minimum Gasteiger partial charge on any atom is -0.506 e. The topological polar surface area (TPSA) is 106 Å². The second kappa shape index (κ2) is 9.55. The summed E-state index contributed by atoms with van der Waals surface area (Å²) in [5.41, 5.74) is 2.31. The van der Waals surface area contributed by atoms with Crippen LogP contribution in [0.15, 0.2) is 85.3 Å². The highest BCUT2D eigenvalue weighted by molar-refractivity contribution is 9.11. The Labute approximate surface area is 202 Å². The number of halogens is 2. The summed E-state index contributed by atoms with van der Waals surface area (Å²) >= 11 is 8.04. The van der Waals surface area contributed by atoms with Crippen molar-refractivity contribution in [1.29, 1.82) is 0 Å². The first-order valence-electron chi connectivity index (χ1n) is 9.05. The maximum atomic E-state index is 11.2. The number of benzene rings is 2. The van der Waals surface area contributed by atoms with E-state index in [9.17, 15) is 15.2 Å². The number of pyridine rings is 1. The Hall–Kier alpha value is -3.15. The molecule has 160 valence electrons. The van der Waals surface area contributed by atoms with Crippen LogP contribution in [0.25, 0.3) is 11.3 Å². The lowest BCUT2D eigenvalue weighted by atomic mass is 10.1. The number of thiazole rings is 1. The van der Waals surface area contributed by atoms with Gasteiger partial charge in [0, 0.05) is 39.3 Å². The van der Waals surface area contributed by atoms with Gasteiger partial charge in [0.25, 0.3) is 5.69 Å². The Bertz CT molecular complexity index is 1400. The van der Waals surface area contributed by atoms with Crippen LogP contribution in [0.5, 0.6) is 5.75 Å². The molecule has 0 fully saturated rings. The van der Waals surface area contributed by atoms with Gasteiger partial charge in [-0.2, -0.15) is 5.10 Å². The summed E-state index contributed by atoms with van der Waals surface area (Å²) in [7, 11) is 0. The van der Waals surface area contributed by atoms with Crippen LogP contribution < -0.4 is 4.80 Å². The van der Waals surface area contributed by atoms with E-state index >= 15 is 0 Å². The number of aromatic nitrogens is 2. The monoisotopic (exact) mass is 573 g/mol. The van der Waals surface area contributed by atoms with E-state index in [1.54, 1.807) is 47.4 Å². The second-order valence-electron chi connectivity index (χ2n) is 6.42. The van der Waals surface area contributed by atoms with Crippen molar-refractivity contribution in [2.24, 2.45) is 10.1 Å². The molecule has 32 heavy (non-hydrogen) atoms. The lowest BCUT2D eigenvalue weighted by Crippen LogP contribution is -2.11. The van der Waals surface area contributed by atoms with E-state index in [-0.39, 0.29) is 11.4 Å². The first kappa shape index (κ1) is 22.1. The van der Waals surface area contributed by atoms with Gasteiger partial charge in [-0.25, -0.2) is 9.67 Å². The molecular formula is C21H13Br2N5O3S. The zero-order valence-electron chi connectivity index (χ0n) is 16.1. The molecule has 1 N–H and O–H groups in total. The molecule has 0 aliphatic carbocycles. The number of hydrogen-bond acceptors (Lipinski definition) is 7. The predicted octanol–water partition coefficient (Wildman–Crippen LogP) is 5.87. The molecule has 0 aliphatic heterocycles. The van der Waals surface area contributed by atoms with Crippen molar-refractivity contribution in [3.63, 3.8) is 0 Å². The fourth-order valence-electron chi connectivity index (χ4n) is 2.80. The predicted molar refractivity (Wildman–Crippen MR) is 130 cm³/mol. The molecule has 0 saturated heterocycles. The van der Waals surface area contributed by atoms with Crippen LogP contribution in [0.3, 0.4) is 0 Å². The lowest BCUT2D eigenvalue weighted by Gasteiger charge is -2.05. The van der Waals surface area contributed by atoms with E-state index in [4.69, 9.17) is 0 Å². The maximum absolute atomic E-state index is 11.2. The molecule has 0 saturated carbocycles. The number of aromatic hydroxyl groups is 1. The SMILES string of the molecule is O=[N+]([O-])c1cccc(-c2csc(=Nc3cccnc3)n2N=Cc2cc(Br)cc(Br)c2O)c1. The van der Waals surface area contributed by atoms with Crippen LogP contribution in [0, 0.1) is 10.1 Å². The summed E-state index contributed by atoms with van der Waals surface area (Å²) in [6.07, 6.45) is 4.78. The Kier molecular flexibility index (Phi) is 6.58. The summed E-state index contributed by atoms with van der Waals surface area (Å²) in [6.45, 7) is 0. The molecule has 11 heteroatoms. The van der Waals surface area contributed by atoms with Crippen molar-refractivity contribution in [3.8, 4) is 17.0 Å². The van der Waals surface area contributed by atoms with Gasteiger partial charge < -0.3 is 5.11 Å². The van der Waals surface area contributed by atoms with Gasteiger partial charge in [-0.15, -0.1) is 11.3 Å². The highest BCUT2D eigenvalue weighted by atomic mass is 79.9. The first-order chi connectivity index (χ1) is 15.4. The highest BCUT2D eigenvalue weighted by Gasteiger charge is 2.13. The third-order valence-electron chi connectivity index (χ3n) is 4.28. The molecule has 0 aliphatic rings. The van der Waals surface area contributed by atoms with Gasteiger partial charge in [0.15, 0.2) is 0 Å². The molecule has 8 nitrogen and oxygen atoms in total. The summed E-state index contributed by atoms with van der Waals surface area (Å²) in [6, 6.07) is 13.3. The Balaban J connectivity index is 1.89. The number of nitro groups is 1. The quantitative estimate of drug-likeness (QED) is 0.183. The Morgan fingerprint density at radius 1 is 1.19 bits per heavy atom. The van der Waals surface area contributed by atoms with Gasteiger partial charge >= 0.3 is 0 Å². The van der Waals surface area contributed by atoms with Gasteiger partial charge in [0.2, 0.25) is 4.80 Å². The minimum absolute atomic E-state index is 0.0245. The molecule has 0 radical (unpaired) electrons. The van der Waals surface area contributed by atoms with Crippen LogP contribution >= 0.6 is 43.2 Å². The van der Waals surface area contributed by atoms with Crippen molar-refractivity contribution >= 4 is 60.8 Å². The van der Waals surface area contributed by atoms with E-state index in [0.29, 0.717) is 31.8 Å². The normalized spacial score (nSPS) is 11.9. The molecule has 2 aromatic carbocycles. The van der Waals surface area contributed by atoms with Gasteiger partial charge in [-0.3, -0.25) is 15.1 Å². The number of nitrogens with zero attached hydrogens (tertiary/aromatic N) is 5. The zero-order valence-corrected chi connectivity index (χ0v) is 20.1. The van der Waals surface area contributed by atoms with Crippen LogP contribution in [-0.2, 0) is 0 Å². The van der Waals surface area contributed by atoms with E-state index in [2.05, 4.69) is 46.9 Å². The zero-order chi connectivity index (χ0) is 22.7. The Morgan fingerprint density at radius 2 is 2.03 bits per heavy atom. The standard InChI is InChI=1S/C21H13Br2N5O3S/c22-15-7-14(20(29)18(23)9-15)10-25-27-19(13-3-1-5-17(8-13)28(30)31)12-32-21(27)26-16-4-2-6-24-11-16/h1-12,29H. The fraction of sp³-hybridized carbons (Fsp3) is 0. The molecular weight excluding hydrogens is 562 g/mol. The number of hydrogen-bond donors (Lipinski definition) is 1. The number of rotatable bonds is 5. The maximum Gasteiger partial charge on any atom is 0.270 e. The van der Waals surface area contributed by atoms with Crippen molar-refractivity contribution in [2.45, 2.75) is 0 Å². The van der Waals surface area contributed by atoms with Crippen molar-refractivity contribution in [2.75, 3.05) is 0 Å². The molecule has 0 spiro atoms. The van der Waals surface area contributed by atoms with Crippen LogP contribution in [0.2, 0.25) is 0 Å². The van der Waals surface area contributed by atoms with Gasteiger partial charge in [-0.1, -0.05) is 28.1 Å². The van der Waals surface area contributed by atoms with Crippen molar-refractivity contribution in [3.05, 3.63) is 95.7 Å². The molecule has 0 amide bonds. The molecule has 2 heterocycles. The number of nitro benzene ring substituents is 1. The summed E-state index contributed by atoms with van der Waals surface area (Å²) < 4.78 is 2.85. The molecule has 4 aromatic rings. The Morgan fingerprint density at radius 3 is 2.78 bits per heavy atom. The number of phenolic OH excluding ortho intramolecular Hbond substituents is 1. The van der Waals surface area contributed by atoms with Crippen molar-refractivity contribution < 1.29 is 10.0 Å². The molecule has 4 rings (SSSR count). The summed E-state index contributed by atoms with van der Waals surface area (Å²) in [4.78, 5) is 20.0. The largest absolute Gasteiger partial charge is 0.506 e. The summed E-state index contributed by atoms with van der Waals surface area (Å²) in [5, 5.41) is 28.0. The van der Waals surface area contributed by atoms with Gasteiger partial charge in [0.1, 0.15) is 5.75 Å². The third kappa shape index (κ3) is 4.85. The molecule has 0 atom stereocenters. The van der Waals surface area contributed by atoms with E-state index in [1.165, 1.54) is 29.7 Å². The van der Waals surface area contributed by atoms with Crippen LogP contribution in [-0.4, -0.2) is 25.9 Å². The second-order valence-corrected chi connectivity index (χ2v) is 9.02. The smallest absolute Gasteiger partial charge is 0.270 e.